The van der Waals surface area contributed by atoms with Gasteiger partial charge < -0.3 is 21.1 Å². The van der Waals surface area contributed by atoms with Crippen molar-refractivity contribution in [1.29, 1.82) is 0 Å². The second-order valence-corrected chi connectivity index (χ2v) is 6.82. The Balaban J connectivity index is 1.64. The average molecular weight is 403 g/mol. The van der Waals surface area contributed by atoms with Crippen LogP contribution in [0.3, 0.4) is 0 Å². The lowest BCUT2D eigenvalue weighted by molar-refractivity contribution is 0.102. The van der Waals surface area contributed by atoms with Crippen LogP contribution in [0.4, 0.5) is 16.2 Å². The van der Waals surface area contributed by atoms with E-state index in [2.05, 4.69) is 10.6 Å². The van der Waals surface area contributed by atoms with Crippen LogP contribution in [0.15, 0.2) is 72.8 Å². The Labute approximate surface area is 176 Å². The predicted molar refractivity (Wildman–Crippen MR) is 119 cm³/mol. The summed E-state index contributed by atoms with van der Waals surface area (Å²) in [5, 5.41) is 5.51. The zero-order valence-electron chi connectivity index (χ0n) is 16.9. The van der Waals surface area contributed by atoms with Gasteiger partial charge in [-0.05, 0) is 47.4 Å². The molecule has 0 aromatic heterocycles. The monoisotopic (exact) mass is 403 g/mol. The predicted octanol–water partition coefficient (Wildman–Crippen LogP) is 4.82. The number of alkyl carbamates (subject to hydrolysis) is 1. The number of hydrogen-bond donors (Lipinski definition) is 3. The van der Waals surface area contributed by atoms with Gasteiger partial charge in [0.05, 0.1) is 11.4 Å². The van der Waals surface area contributed by atoms with E-state index in [1.54, 1.807) is 30.3 Å². The van der Waals surface area contributed by atoms with Gasteiger partial charge in [0.15, 0.2) is 0 Å². The first-order valence-corrected chi connectivity index (χ1v) is 9.82. The lowest BCUT2D eigenvalue weighted by Crippen LogP contribution is -2.24. The first kappa shape index (κ1) is 20.9. The maximum Gasteiger partial charge on any atom is 0.407 e. The van der Waals surface area contributed by atoms with Crippen molar-refractivity contribution in [1.82, 2.24) is 5.32 Å². The van der Waals surface area contributed by atoms with Crippen LogP contribution in [-0.2, 0) is 11.3 Å². The van der Waals surface area contributed by atoms with Crippen molar-refractivity contribution >= 4 is 23.4 Å². The topological polar surface area (TPSA) is 93.4 Å². The number of hydrogen-bond acceptors (Lipinski definition) is 4. The molecule has 154 valence electrons. The number of ether oxygens (including phenoxy) is 1. The van der Waals surface area contributed by atoms with Gasteiger partial charge in [-0.2, -0.15) is 0 Å². The van der Waals surface area contributed by atoms with E-state index in [0.717, 1.165) is 23.1 Å². The van der Waals surface area contributed by atoms with Crippen molar-refractivity contribution in [2.45, 2.75) is 20.0 Å². The smallest absolute Gasteiger partial charge is 0.407 e. The molecule has 6 nitrogen and oxygen atoms in total. The molecule has 0 saturated heterocycles. The van der Waals surface area contributed by atoms with Gasteiger partial charge in [-0.25, -0.2) is 4.79 Å². The molecule has 0 aliphatic carbocycles. The van der Waals surface area contributed by atoms with Gasteiger partial charge in [-0.1, -0.05) is 55.5 Å². The van der Waals surface area contributed by atoms with Gasteiger partial charge in [-0.3, -0.25) is 4.79 Å². The molecule has 0 bridgehead atoms. The normalized spacial score (nSPS) is 10.3. The van der Waals surface area contributed by atoms with Gasteiger partial charge in [0.25, 0.3) is 5.91 Å². The molecule has 3 aromatic carbocycles. The summed E-state index contributed by atoms with van der Waals surface area (Å²) in [5.74, 6) is -0.264. The summed E-state index contributed by atoms with van der Waals surface area (Å²) >= 11 is 0. The highest BCUT2D eigenvalue weighted by Gasteiger charge is 2.10. The first-order valence-electron chi connectivity index (χ1n) is 9.82. The molecule has 30 heavy (non-hydrogen) atoms. The Morgan fingerprint density at radius 1 is 0.933 bits per heavy atom. The Morgan fingerprint density at radius 2 is 1.67 bits per heavy atom. The number of nitrogens with two attached hydrogens (primary N) is 1. The Bertz CT molecular complexity index is 1000. The molecule has 3 rings (SSSR count). The summed E-state index contributed by atoms with van der Waals surface area (Å²) in [4.78, 5) is 24.2. The van der Waals surface area contributed by atoms with Crippen molar-refractivity contribution in [3.8, 4) is 11.1 Å². The lowest BCUT2D eigenvalue weighted by Gasteiger charge is -2.11. The minimum atomic E-state index is -0.451. The van der Waals surface area contributed by atoms with Gasteiger partial charge in [-0.15, -0.1) is 0 Å². The molecule has 6 heteroatoms. The molecular weight excluding hydrogens is 378 g/mol. The van der Waals surface area contributed by atoms with Crippen LogP contribution in [0.2, 0.25) is 0 Å². The third kappa shape index (κ3) is 5.61. The van der Waals surface area contributed by atoms with Crippen molar-refractivity contribution in [2.24, 2.45) is 0 Å². The number of benzene rings is 3. The number of amides is 2. The molecule has 0 heterocycles. The van der Waals surface area contributed by atoms with Crippen LogP contribution in [0.1, 0.15) is 29.3 Å². The fraction of sp³-hybridized carbons (Fsp3) is 0.167. The summed E-state index contributed by atoms with van der Waals surface area (Å²) in [5.41, 5.74) is 10.4. The van der Waals surface area contributed by atoms with E-state index in [9.17, 15) is 9.59 Å². The zero-order valence-corrected chi connectivity index (χ0v) is 16.9. The van der Waals surface area contributed by atoms with E-state index in [0.29, 0.717) is 23.5 Å². The molecule has 0 fully saturated rings. The van der Waals surface area contributed by atoms with Crippen LogP contribution in [-0.4, -0.2) is 18.5 Å². The lowest BCUT2D eigenvalue weighted by atomic mass is 10.0. The summed E-state index contributed by atoms with van der Waals surface area (Å²) in [7, 11) is 0. The molecule has 0 saturated carbocycles. The number of rotatable bonds is 7. The maximum atomic E-state index is 12.6. The second kappa shape index (κ2) is 10.1. The maximum absolute atomic E-state index is 12.6. The van der Waals surface area contributed by atoms with E-state index in [1.807, 2.05) is 49.4 Å². The first-order chi connectivity index (χ1) is 14.6. The Hall–Kier alpha value is -3.80. The molecule has 0 spiro atoms. The summed E-state index contributed by atoms with van der Waals surface area (Å²) in [6.45, 7) is 2.69. The summed E-state index contributed by atoms with van der Waals surface area (Å²) in [6, 6.07) is 22.3. The van der Waals surface area contributed by atoms with Crippen LogP contribution in [0, 0.1) is 0 Å². The van der Waals surface area contributed by atoms with E-state index >= 15 is 0 Å². The third-order valence-corrected chi connectivity index (χ3v) is 4.51. The summed E-state index contributed by atoms with van der Waals surface area (Å²) < 4.78 is 5.13. The van der Waals surface area contributed by atoms with Gasteiger partial charge in [0, 0.05) is 12.1 Å². The Morgan fingerprint density at radius 3 is 2.37 bits per heavy atom. The third-order valence-electron chi connectivity index (χ3n) is 4.51. The number of carbonyl (C=O) groups is 2. The molecule has 0 atom stereocenters. The minimum Gasteiger partial charge on any atom is -0.445 e. The van der Waals surface area contributed by atoms with Crippen molar-refractivity contribution < 1.29 is 14.3 Å². The van der Waals surface area contributed by atoms with Crippen molar-refractivity contribution in [3.63, 3.8) is 0 Å². The molecule has 3 aromatic rings. The number of nitrogen functional groups attached to an aromatic ring is 1. The molecule has 0 aliphatic rings. The zero-order chi connectivity index (χ0) is 21.3. The summed E-state index contributed by atoms with van der Waals surface area (Å²) in [6.07, 6.45) is 0.393. The molecular formula is C24H25N3O3. The second-order valence-electron chi connectivity index (χ2n) is 6.82. The van der Waals surface area contributed by atoms with E-state index < -0.39 is 6.09 Å². The van der Waals surface area contributed by atoms with Crippen molar-refractivity contribution in [2.75, 3.05) is 17.6 Å². The largest absolute Gasteiger partial charge is 0.445 e. The van der Waals surface area contributed by atoms with E-state index in [4.69, 9.17) is 10.5 Å². The Kier molecular flexibility index (Phi) is 7.05. The molecule has 0 radical (unpaired) electrons. The van der Waals surface area contributed by atoms with E-state index in [1.165, 1.54) is 0 Å². The fourth-order valence-electron chi connectivity index (χ4n) is 2.85. The molecule has 0 unspecified atom stereocenters. The fourth-order valence-corrected chi connectivity index (χ4v) is 2.85. The molecule has 0 aliphatic heterocycles. The van der Waals surface area contributed by atoms with Crippen LogP contribution in [0.5, 0.6) is 0 Å². The van der Waals surface area contributed by atoms with Gasteiger partial charge >= 0.3 is 6.09 Å². The number of nitrogens with one attached hydrogen (secondary N) is 2. The highest BCUT2D eigenvalue weighted by molar-refractivity contribution is 6.06. The van der Waals surface area contributed by atoms with Gasteiger partial charge in [0.1, 0.15) is 6.61 Å². The highest BCUT2D eigenvalue weighted by Crippen LogP contribution is 2.27. The van der Waals surface area contributed by atoms with E-state index in [-0.39, 0.29) is 12.5 Å². The number of carbonyl (C=O) groups excluding carboxylic acids is 2. The molecule has 2 amide bonds. The standard InChI is InChI=1S/C24H25N3O3/c1-2-14-26-24(29)30-16-17-8-10-19(11-9-17)23(28)27-22-15-20(12-13-21(22)25)18-6-4-3-5-7-18/h3-13,15H,2,14,16,25H2,1H3,(H,26,29)(H,27,28). The average Bonchev–Trinajstić information content (AvgIpc) is 2.78. The SMILES string of the molecule is CCCNC(=O)OCc1ccc(C(=O)Nc2cc(-c3ccccc3)ccc2N)cc1. The molecule has 4 N–H and O–H groups in total. The minimum absolute atomic E-state index is 0.142. The van der Waals surface area contributed by atoms with Crippen LogP contribution in [0.25, 0.3) is 11.1 Å². The highest BCUT2D eigenvalue weighted by atomic mass is 16.5. The van der Waals surface area contributed by atoms with Crippen LogP contribution < -0.4 is 16.4 Å². The van der Waals surface area contributed by atoms with Gasteiger partial charge in [0.2, 0.25) is 0 Å². The van der Waals surface area contributed by atoms with Crippen molar-refractivity contribution in [3.05, 3.63) is 83.9 Å². The van der Waals surface area contributed by atoms with Crippen LogP contribution >= 0.6 is 0 Å². The quantitative estimate of drug-likeness (QED) is 0.493. The number of anilines is 2.